The molecule has 1 aromatic rings. The van der Waals surface area contributed by atoms with E-state index in [0.29, 0.717) is 13.1 Å². The van der Waals surface area contributed by atoms with Crippen LogP contribution in [0.3, 0.4) is 0 Å². The van der Waals surface area contributed by atoms with Crippen LogP contribution in [0, 0.1) is 11.6 Å². The van der Waals surface area contributed by atoms with E-state index in [4.69, 9.17) is 4.74 Å². The number of rotatable bonds is 3. The Bertz CT molecular complexity index is 599. The lowest BCUT2D eigenvalue weighted by Gasteiger charge is -2.45. The van der Waals surface area contributed by atoms with E-state index in [0.717, 1.165) is 31.7 Å². The van der Waals surface area contributed by atoms with Gasteiger partial charge in [-0.25, -0.2) is 13.6 Å². The number of fused-ring (bicyclic) bond motifs is 1. The largest absolute Gasteiger partial charge is 0.375 e. The number of amides is 2. The van der Waals surface area contributed by atoms with E-state index in [1.165, 1.54) is 6.07 Å². The third-order valence-corrected chi connectivity index (χ3v) is 4.83. The molecule has 0 saturated carbocycles. The summed E-state index contributed by atoms with van der Waals surface area (Å²) in [4.78, 5) is 16.3. The van der Waals surface area contributed by atoms with E-state index >= 15 is 0 Å². The molecule has 2 atom stereocenters. The van der Waals surface area contributed by atoms with Crippen molar-refractivity contribution in [3.63, 3.8) is 0 Å². The molecule has 7 heteroatoms. The highest BCUT2D eigenvalue weighted by Crippen LogP contribution is 2.21. The van der Waals surface area contributed by atoms with Crippen LogP contribution >= 0.6 is 0 Å². The summed E-state index contributed by atoms with van der Waals surface area (Å²) in [5, 5.41) is 2.80. The Labute approximate surface area is 140 Å². The summed E-state index contributed by atoms with van der Waals surface area (Å²) in [5.41, 5.74) is 0.273. The molecule has 2 heterocycles. The van der Waals surface area contributed by atoms with Crippen molar-refractivity contribution in [3.8, 4) is 0 Å². The van der Waals surface area contributed by atoms with Gasteiger partial charge in [-0.2, -0.15) is 0 Å². The van der Waals surface area contributed by atoms with Gasteiger partial charge < -0.3 is 15.0 Å². The second-order valence-electron chi connectivity index (χ2n) is 6.41. The van der Waals surface area contributed by atoms with Gasteiger partial charge in [-0.3, -0.25) is 4.90 Å². The number of likely N-dealkylation sites (tertiary alicyclic amines) is 1. The number of morpholine rings is 1. The van der Waals surface area contributed by atoms with Gasteiger partial charge in [0.15, 0.2) is 0 Å². The maximum absolute atomic E-state index is 13.6. The molecule has 24 heavy (non-hydrogen) atoms. The molecule has 132 valence electrons. The van der Waals surface area contributed by atoms with Gasteiger partial charge in [0.1, 0.15) is 11.6 Å². The zero-order valence-corrected chi connectivity index (χ0v) is 13.8. The zero-order valence-electron chi connectivity index (χ0n) is 13.8. The Morgan fingerprint density at radius 1 is 1.38 bits per heavy atom. The molecule has 0 bridgehead atoms. The predicted molar refractivity (Wildman–Crippen MR) is 85.8 cm³/mol. The van der Waals surface area contributed by atoms with Gasteiger partial charge in [0.2, 0.25) is 0 Å². The number of piperidine rings is 1. The molecule has 1 N–H and O–H groups in total. The van der Waals surface area contributed by atoms with Crippen molar-refractivity contribution < 1.29 is 18.3 Å². The maximum Gasteiger partial charge on any atom is 0.317 e. The number of benzene rings is 1. The Hall–Kier alpha value is -1.73. The summed E-state index contributed by atoms with van der Waals surface area (Å²) in [5.74, 6) is -0.924. The fourth-order valence-corrected chi connectivity index (χ4v) is 3.38. The number of ether oxygens (including phenoxy) is 1. The average molecular weight is 339 g/mol. The lowest BCUT2D eigenvalue weighted by Crippen LogP contribution is -2.60. The molecule has 3 rings (SSSR count). The summed E-state index contributed by atoms with van der Waals surface area (Å²) in [6.45, 7) is 3.16. The molecule has 2 aliphatic heterocycles. The van der Waals surface area contributed by atoms with E-state index in [9.17, 15) is 13.6 Å². The molecule has 0 unspecified atom stereocenters. The quantitative estimate of drug-likeness (QED) is 0.910. The number of hydrogen-bond donors (Lipinski definition) is 1. The second-order valence-corrected chi connectivity index (χ2v) is 6.41. The summed E-state index contributed by atoms with van der Waals surface area (Å²) in [6.07, 6.45) is 1.27. The first-order valence-electron chi connectivity index (χ1n) is 8.33. The maximum atomic E-state index is 13.6. The summed E-state index contributed by atoms with van der Waals surface area (Å²) >= 11 is 0. The molecular weight excluding hydrogens is 316 g/mol. The summed E-state index contributed by atoms with van der Waals surface area (Å²) in [7, 11) is 2.05. The van der Waals surface area contributed by atoms with Crippen molar-refractivity contribution >= 4 is 6.03 Å². The van der Waals surface area contributed by atoms with Gasteiger partial charge in [-0.15, -0.1) is 0 Å². The average Bonchev–Trinajstić information content (AvgIpc) is 2.58. The van der Waals surface area contributed by atoms with Crippen LogP contribution in [0.1, 0.15) is 12.0 Å². The Balaban J connectivity index is 1.49. The highest BCUT2D eigenvalue weighted by atomic mass is 19.1. The number of halogens is 2. The van der Waals surface area contributed by atoms with Crippen LogP contribution in [0.25, 0.3) is 0 Å². The minimum absolute atomic E-state index is 0.163. The van der Waals surface area contributed by atoms with Crippen molar-refractivity contribution in [2.24, 2.45) is 0 Å². The molecule has 1 aromatic carbocycles. The van der Waals surface area contributed by atoms with Gasteiger partial charge in [0, 0.05) is 26.2 Å². The predicted octanol–water partition coefficient (Wildman–Crippen LogP) is 1.62. The van der Waals surface area contributed by atoms with Crippen LogP contribution in [-0.4, -0.2) is 67.8 Å². The number of hydrogen-bond acceptors (Lipinski definition) is 3. The minimum atomic E-state index is -0.472. The number of carbonyl (C=O) groups excluding carboxylic acids is 1. The first kappa shape index (κ1) is 17.1. The molecule has 0 aliphatic carbocycles. The van der Waals surface area contributed by atoms with Gasteiger partial charge in [-0.05, 0) is 43.7 Å². The number of nitrogens with zero attached hydrogens (tertiary/aromatic N) is 2. The Morgan fingerprint density at radius 3 is 3.04 bits per heavy atom. The molecule has 5 nitrogen and oxygen atoms in total. The highest BCUT2D eigenvalue weighted by molar-refractivity contribution is 5.74. The second kappa shape index (κ2) is 7.44. The van der Waals surface area contributed by atoms with Crippen LogP contribution in [0.4, 0.5) is 13.6 Å². The Morgan fingerprint density at radius 2 is 2.21 bits per heavy atom. The summed E-state index contributed by atoms with van der Waals surface area (Å²) in [6, 6.07) is 3.42. The summed E-state index contributed by atoms with van der Waals surface area (Å²) < 4.78 is 32.5. The van der Waals surface area contributed by atoms with Crippen LogP contribution in [0.15, 0.2) is 18.2 Å². The van der Waals surface area contributed by atoms with Crippen molar-refractivity contribution in [2.75, 3.05) is 39.8 Å². The van der Waals surface area contributed by atoms with E-state index in [1.54, 1.807) is 4.90 Å². The SMILES string of the molecule is CN1CCO[C@H]2CCN(C(=O)NCCc3cc(F)ccc3F)C[C@H]21. The third-order valence-electron chi connectivity index (χ3n) is 4.83. The van der Waals surface area contributed by atoms with E-state index in [2.05, 4.69) is 10.2 Å². The van der Waals surface area contributed by atoms with Gasteiger partial charge >= 0.3 is 6.03 Å². The third kappa shape index (κ3) is 3.84. The molecule has 2 fully saturated rings. The Kier molecular flexibility index (Phi) is 5.30. The van der Waals surface area contributed by atoms with E-state index in [1.807, 2.05) is 7.05 Å². The highest BCUT2D eigenvalue weighted by Gasteiger charge is 2.36. The number of nitrogens with one attached hydrogen (secondary N) is 1. The molecule has 0 aromatic heterocycles. The normalized spacial score (nSPS) is 24.5. The lowest BCUT2D eigenvalue weighted by atomic mass is 9.99. The molecule has 2 saturated heterocycles. The first-order valence-corrected chi connectivity index (χ1v) is 8.33. The lowest BCUT2D eigenvalue weighted by molar-refractivity contribution is -0.0881. The molecule has 2 aliphatic rings. The fraction of sp³-hybridized carbons (Fsp3) is 0.588. The molecular formula is C17H23F2N3O2. The van der Waals surface area contributed by atoms with Crippen molar-refractivity contribution in [2.45, 2.75) is 25.0 Å². The standard InChI is InChI=1S/C17H23F2N3O2/c1-21-8-9-24-16-5-7-22(11-15(16)21)17(23)20-6-4-12-10-13(18)2-3-14(12)19/h2-3,10,15-16H,4-9,11H2,1H3,(H,20,23)/t15-,16+/m1/s1. The monoisotopic (exact) mass is 339 g/mol. The van der Waals surface area contributed by atoms with E-state index < -0.39 is 11.6 Å². The molecule has 0 radical (unpaired) electrons. The topological polar surface area (TPSA) is 44.8 Å². The minimum Gasteiger partial charge on any atom is -0.375 e. The van der Waals surface area contributed by atoms with Gasteiger partial charge in [0.25, 0.3) is 0 Å². The van der Waals surface area contributed by atoms with Gasteiger partial charge in [0.05, 0.1) is 18.8 Å². The van der Waals surface area contributed by atoms with Crippen molar-refractivity contribution in [3.05, 3.63) is 35.4 Å². The van der Waals surface area contributed by atoms with Crippen LogP contribution in [-0.2, 0) is 11.2 Å². The van der Waals surface area contributed by atoms with Crippen LogP contribution < -0.4 is 5.32 Å². The zero-order chi connectivity index (χ0) is 17.1. The van der Waals surface area contributed by atoms with Crippen LogP contribution in [0.2, 0.25) is 0 Å². The molecule has 2 amide bonds. The number of urea groups is 1. The van der Waals surface area contributed by atoms with Crippen molar-refractivity contribution in [1.82, 2.24) is 15.1 Å². The van der Waals surface area contributed by atoms with Gasteiger partial charge in [-0.1, -0.05) is 0 Å². The molecule has 0 spiro atoms. The number of carbonyl (C=O) groups is 1. The smallest absolute Gasteiger partial charge is 0.317 e. The fourth-order valence-electron chi connectivity index (χ4n) is 3.38. The van der Waals surface area contributed by atoms with Crippen LogP contribution in [0.5, 0.6) is 0 Å². The first-order chi connectivity index (χ1) is 11.5. The van der Waals surface area contributed by atoms with Crippen molar-refractivity contribution in [1.29, 1.82) is 0 Å². The number of likely N-dealkylation sites (N-methyl/N-ethyl adjacent to an activating group) is 1. The van der Waals surface area contributed by atoms with E-state index in [-0.39, 0.29) is 36.7 Å².